The summed E-state index contributed by atoms with van der Waals surface area (Å²) in [5.41, 5.74) is 5.27. The minimum absolute atomic E-state index is 0.582. The third-order valence-corrected chi connectivity index (χ3v) is 2.01. The first-order valence-electron chi connectivity index (χ1n) is 5.98. The van der Waals surface area contributed by atoms with Gasteiger partial charge in [0.2, 0.25) is 0 Å². The van der Waals surface area contributed by atoms with Crippen LogP contribution in [0.1, 0.15) is 26.2 Å². The Kier molecular flexibility index (Phi) is 13.7. The van der Waals surface area contributed by atoms with Crippen molar-refractivity contribution < 1.29 is 9.47 Å². The molecule has 0 saturated carbocycles. The lowest BCUT2D eigenvalue weighted by Crippen LogP contribution is -2.22. The molecule has 0 rings (SSSR count). The largest absolute Gasteiger partial charge is 0.378 e. The predicted molar refractivity (Wildman–Crippen MR) is 63.1 cm³/mol. The van der Waals surface area contributed by atoms with Crippen molar-refractivity contribution in [1.29, 1.82) is 0 Å². The van der Waals surface area contributed by atoms with Gasteiger partial charge >= 0.3 is 0 Å². The summed E-state index contributed by atoms with van der Waals surface area (Å²) < 4.78 is 10.5. The molecule has 15 heavy (non-hydrogen) atoms. The van der Waals surface area contributed by atoms with Crippen molar-refractivity contribution in [2.45, 2.75) is 26.2 Å². The second-order valence-corrected chi connectivity index (χ2v) is 3.47. The Labute approximate surface area is 93.5 Å². The quantitative estimate of drug-likeness (QED) is 0.475. The minimum atomic E-state index is 0.582. The fraction of sp³-hybridized carbons (Fsp3) is 1.00. The molecule has 3 N–H and O–H groups in total. The second kappa shape index (κ2) is 13.8. The summed E-state index contributed by atoms with van der Waals surface area (Å²) in [6.45, 7) is 7.52. The van der Waals surface area contributed by atoms with Gasteiger partial charge in [-0.25, -0.2) is 0 Å². The van der Waals surface area contributed by atoms with E-state index in [2.05, 4.69) is 12.2 Å². The van der Waals surface area contributed by atoms with E-state index < -0.39 is 0 Å². The van der Waals surface area contributed by atoms with E-state index in [1.807, 2.05) is 0 Å². The Morgan fingerprint density at radius 1 is 0.933 bits per heavy atom. The molecule has 0 aromatic rings. The first-order chi connectivity index (χ1) is 7.41. The molecular formula is C11H26N2O2. The average molecular weight is 218 g/mol. The Morgan fingerprint density at radius 2 is 1.67 bits per heavy atom. The summed E-state index contributed by atoms with van der Waals surface area (Å²) in [6, 6.07) is 0. The highest BCUT2D eigenvalue weighted by atomic mass is 16.5. The van der Waals surface area contributed by atoms with Crippen LogP contribution in [0, 0.1) is 0 Å². The Bertz CT molecular complexity index is 101. The molecule has 0 aromatic carbocycles. The first-order valence-corrected chi connectivity index (χ1v) is 5.98. The summed E-state index contributed by atoms with van der Waals surface area (Å²) in [5, 5.41) is 3.34. The van der Waals surface area contributed by atoms with Gasteiger partial charge < -0.3 is 20.5 Å². The monoisotopic (exact) mass is 218 g/mol. The number of hydrogen-bond donors (Lipinski definition) is 2. The predicted octanol–water partition coefficient (Wildman–Crippen LogP) is 0.758. The van der Waals surface area contributed by atoms with Gasteiger partial charge in [0.15, 0.2) is 0 Å². The Morgan fingerprint density at radius 3 is 2.33 bits per heavy atom. The zero-order chi connectivity index (χ0) is 11.2. The van der Waals surface area contributed by atoms with Crippen LogP contribution in [0.5, 0.6) is 0 Å². The molecule has 0 saturated heterocycles. The number of nitrogens with two attached hydrogens (primary N) is 1. The van der Waals surface area contributed by atoms with E-state index in [0.717, 1.165) is 19.7 Å². The number of nitrogens with one attached hydrogen (secondary N) is 1. The molecule has 0 aliphatic rings. The van der Waals surface area contributed by atoms with Crippen LogP contribution < -0.4 is 11.1 Å². The molecule has 0 heterocycles. The SMILES string of the molecule is CCCCCNCCOCCOCCN. The van der Waals surface area contributed by atoms with Crippen LogP contribution >= 0.6 is 0 Å². The van der Waals surface area contributed by atoms with Crippen LogP contribution in [-0.2, 0) is 9.47 Å². The topological polar surface area (TPSA) is 56.5 Å². The number of ether oxygens (including phenoxy) is 2. The molecule has 92 valence electrons. The second-order valence-electron chi connectivity index (χ2n) is 3.47. The van der Waals surface area contributed by atoms with Crippen molar-refractivity contribution in [2.75, 3.05) is 46.1 Å². The Hall–Kier alpha value is -0.160. The summed E-state index contributed by atoms with van der Waals surface area (Å²) >= 11 is 0. The summed E-state index contributed by atoms with van der Waals surface area (Å²) in [5.74, 6) is 0. The molecule has 4 nitrogen and oxygen atoms in total. The maximum absolute atomic E-state index is 5.36. The molecule has 0 spiro atoms. The van der Waals surface area contributed by atoms with Gasteiger partial charge in [-0.1, -0.05) is 19.8 Å². The zero-order valence-corrected chi connectivity index (χ0v) is 9.96. The fourth-order valence-electron chi connectivity index (χ4n) is 1.17. The highest BCUT2D eigenvalue weighted by Crippen LogP contribution is 1.90. The maximum atomic E-state index is 5.36. The van der Waals surface area contributed by atoms with Gasteiger partial charge in [0.25, 0.3) is 0 Å². The van der Waals surface area contributed by atoms with Crippen LogP contribution in [0.4, 0.5) is 0 Å². The first kappa shape index (κ1) is 14.8. The molecule has 0 bridgehead atoms. The Balaban J connectivity index is 2.81. The lowest BCUT2D eigenvalue weighted by atomic mass is 10.2. The minimum Gasteiger partial charge on any atom is -0.378 e. The third kappa shape index (κ3) is 13.8. The van der Waals surface area contributed by atoms with Crippen LogP contribution in [0.15, 0.2) is 0 Å². The lowest BCUT2D eigenvalue weighted by molar-refractivity contribution is 0.0519. The van der Waals surface area contributed by atoms with Crippen molar-refractivity contribution >= 4 is 0 Å². The van der Waals surface area contributed by atoms with E-state index in [1.54, 1.807) is 0 Å². The van der Waals surface area contributed by atoms with E-state index in [0.29, 0.717) is 26.4 Å². The highest BCUT2D eigenvalue weighted by molar-refractivity contribution is 4.46. The molecule has 4 heteroatoms. The van der Waals surface area contributed by atoms with Gasteiger partial charge in [-0.3, -0.25) is 0 Å². The molecule has 0 aliphatic heterocycles. The average Bonchev–Trinajstić information content (AvgIpc) is 2.26. The number of hydrogen-bond acceptors (Lipinski definition) is 4. The van der Waals surface area contributed by atoms with Crippen LogP contribution in [0.2, 0.25) is 0 Å². The van der Waals surface area contributed by atoms with Crippen molar-refractivity contribution in [3.8, 4) is 0 Å². The van der Waals surface area contributed by atoms with Gasteiger partial charge in [-0.05, 0) is 13.0 Å². The molecule has 0 atom stereocenters. The van der Waals surface area contributed by atoms with Crippen molar-refractivity contribution in [1.82, 2.24) is 5.32 Å². The van der Waals surface area contributed by atoms with Gasteiger partial charge in [0.05, 0.1) is 26.4 Å². The summed E-state index contributed by atoms with van der Waals surface area (Å²) in [6.07, 6.45) is 3.84. The summed E-state index contributed by atoms with van der Waals surface area (Å²) in [7, 11) is 0. The van der Waals surface area contributed by atoms with E-state index in [9.17, 15) is 0 Å². The van der Waals surface area contributed by atoms with Crippen molar-refractivity contribution in [3.05, 3.63) is 0 Å². The van der Waals surface area contributed by atoms with Gasteiger partial charge in [0, 0.05) is 13.1 Å². The normalized spacial score (nSPS) is 10.8. The van der Waals surface area contributed by atoms with Crippen LogP contribution in [-0.4, -0.2) is 46.1 Å². The highest BCUT2D eigenvalue weighted by Gasteiger charge is 1.90. The molecular weight excluding hydrogens is 192 g/mol. The standard InChI is InChI=1S/C11H26N2O2/c1-2-3-4-6-13-7-9-15-11-10-14-8-5-12/h13H,2-12H2,1H3. The van der Waals surface area contributed by atoms with E-state index in [-0.39, 0.29) is 0 Å². The molecule has 0 amide bonds. The molecule has 0 radical (unpaired) electrons. The molecule has 0 unspecified atom stereocenters. The van der Waals surface area contributed by atoms with E-state index >= 15 is 0 Å². The summed E-state index contributed by atoms with van der Waals surface area (Å²) in [4.78, 5) is 0. The smallest absolute Gasteiger partial charge is 0.0701 e. The van der Waals surface area contributed by atoms with Crippen LogP contribution in [0.3, 0.4) is 0 Å². The van der Waals surface area contributed by atoms with Crippen molar-refractivity contribution in [2.24, 2.45) is 5.73 Å². The zero-order valence-electron chi connectivity index (χ0n) is 9.96. The van der Waals surface area contributed by atoms with E-state index in [4.69, 9.17) is 15.2 Å². The van der Waals surface area contributed by atoms with Crippen LogP contribution in [0.25, 0.3) is 0 Å². The maximum Gasteiger partial charge on any atom is 0.0701 e. The molecule has 0 aromatic heterocycles. The number of rotatable bonds is 12. The van der Waals surface area contributed by atoms with Crippen molar-refractivity contribution in [3.63, 3.8) is 0 Å². The molecule has 0 aliphatic carbocycles. The number of unbranched alkanes of at least 4 members (excludes halogenated alkanes) is 2. The molecule has 0 fully saturated rings. The van der Waals surface area contributed by atoms with Gasteiger partial charge in [-0.15, -0.1) is 0 Å². The van der Waals surface area contributed by atoms with Gasteiger partial charge in [0.1, 0.15) is 0 Å². The van der Waals surface area contributed by atoms with Gasteiger partial charge in [-0.2, -0.15) is 0 Å². The van der Waals surface area contributed by atoms with E-state index in [1.165, 1.54) is 19.3 Å². The third-order valence-electron chi connectivity index (χ3n) is 2.01. The fourth-order valence-corrected chi connectivity index (χ4v) is 1.17. The lowest BCUT2D eigenvalue weighted by Gasteiger charge is -2.06.